The lowest BCUT2D eigenvalue weighted by molar-refractivity contribution is 0.428. The fourth-order valence-corrected chi connectivity index (χ4v) is 6.10. The summed E-state index contributed by atoms with van der Waals surface area (Å²) in [5.74, 6) is 1.71. The highest BCUT2D eigenvalue weighted by atomic mass is 14.9. The third kappa shape index (κ3) is 8.33. The van der Waals surface area contributed by atoms with Crippen LogP contribution in [0.25, 0.3) is 22.8 Å². The zero-order valence-electron chi connectivity index (χ0n) is 27.3. The van der Waals surface area contributed by atoms with Crippen molar-refractivity contribution in [3.05, 3.63) is 124 Å². The van der Waals surface area contributed by atoms with Gasteiger partial charge in [0.15, 0.2) is 0 Å². The molecule has 3 aromatic rings. The Hall–Kier alpha value is -3.49. The lowest BCUT2D eigenvalue weighted by Gasteiger charge is -2.23. The number of pyridine rings is 1. The minimum atomic E-state index is 0.523. The molecule has 1 aliphatic heterocycles. The molecule has 1 aliphatic rings. The van der Waals surface area contributed by atoms with Crippen molar-refractivity contribution in [3.63, 3.8) is 0 Å². The van der Waals surface area contributed by atoms with Crippen LogP contribution in [-0.2, 0) is 0 Å². The second kappa shape index (κ2) is 15.8. The predicted molar refractivity (Wildman–Crippen MR) is 188 cm³/mol. The summed E-state index contributed by atoms with van der Waals surface area (Å²) in [4.78, 5) is 4.97. The summed E-state index contributed by atoms with van der Waals surface area (Å²) >= 11 is 0. The first kappa shape index (κ1) is 32.4. The molecule has 2 unspecified atom stereocenters. The van der Waals surface area contributed by atoms with Crippen molar-refractivity contribution in [1.82, 2.24) is 10.3 Å². The van der Waals surface area contributed by atoms with E-state index in [0.29, 0.717) is 17.8 Å². The van der Waals surface area contributed by atoms with Gasteiger partial charge in [-0.05, 0) is 119 Å². The van der Waals surface area contributed by atoms with Crippen molar-refractivity contribution < 1.29 is 0 Å². The molecule has 1 fully saturated rings. The SMILES string of the molecule is C=C/C(=C(\CC(C)C(C)C)c1cccc(C)n1)c1ccc(=C(/C=C)c2ccc(C3CCCNC3)cc2)/c(=C\CCCC)c1. The van der Waals surface area contributed by atoms with Crippen molar-refractivity contribution in [2.75, 3.05) is 13.1 Å². The second-order valence-corrected chi connectivity index (χ2v) is 12.6. The topological polar surface area (TPSA) is 24.9 Å². The average Bonchev–Trinajstić information content (AvgIpc) is 3.03. The molecule has 1 N–H and O–H groups in total. The standard InChI is InChI=1S/C41H52N2/c1-8-11-12-16-34-27-35(38(10-3)40(26-30(6)29(4)5)41-18-13-15-31(7)43-41)23-24-39(34)37(9-2)33-21-19-32(20-22-33)36-17-14-25-42-28-36/h9-10,13,15-16,18-24,27,29-30,36,42H,2-3,8,11-12,14,17,25-26,28H2,1,4-7H3/b34-16-,39-37+,40-38-. The third-order valence-corrected chi connectivity index (χ3v) is 9.16. The fraction of sp³-hybridized carbons (Fsp3) is 0.390. The summed E-state index contributed by atoms with van der Waals surface area (Å²) in [6.45, 7) is 22.1. The van der Waals surface area contributed by atoms with Crippen LogP contribution in [0.3, 0.4) is 0 Å². The largest absolute Gasteiger partial charge is 0.316 e. The van der Waals surface area contributed by atoms with E-state index in [1.807, 2.05) is 12.2 Å². The van der Waals surface area contributed by atoms with Gasteiger partial charge in [0.25, 0.3) is 0 Å². The van der Waals surface area contributed by atoms with Crippen molar-refractivity contribution >= 4 is 22.8 Å². The number of benzene rings is 2. The Kier molecular flexibility index (Phi) is 11.9. The minimum Gasteiger partial charge on any atom is -0.316 e. The lowest BCUT2D eigenvalue weighted by atomic mass is 9.85. The number of allylic oxidation sites excluding steroid dienone is 4. The highest BCUT2D eigenvalue weighted by Crippen LogP contribution is 2.33. The van der Waals surface area contributed by atoms with E-state index in [1.54, 1.807) is 0 Å². The van der Waals surface area contributed by atoms with Gasteiger partial charge in [-0.25, -0.2) is 0 Å². The molecule has 43 heavy (non-hydrogen) atoms. The van der Waals surface area contributed by atoms with Gasteiger partial charge in [-0.3, -0.25) is 4.98 Å². The first-order chi connectivity index (χ1) is 20.9. The smallest absolute Gasteiger partial charge is 0.0671 e. The van der Waals surface area contributed by atoms with E-state index in [0.717, 1.165) is 37.3 Å². The van der Waals surface area contributed by atoms with Gasteiger partial charge < -0.3 is 5.32 Å². The van der Waals surface area contributed by atoms with Gasteiger partial charge in [0.1, 0.15) is 0 Å². The monoisotopic (exact) mass is 572 g/mol. The summed E-state index contributed by atoms with van der Waals surface area (Å²) in [5.41, 5.74) is 9.55. The summed E-state index contributed by atoms with van der Waals surface area (Å²) in [6.07, 6.45) is 13.3. The normalized spacial score (nSPS) is 17.8. The van der Waals surface area contributed by atoms with Crippen LogP contribution >= 0.6 is 0 Å². The van der Waals surface area contributed by atoms with E-state index >= 15 is 0 Å². The van der Waals surface area contributed by atoms with Crippen LogP contribution < -0.4 is 15.8 Å². The van der Waals surface area contributed by atoms with Gasteiger partial charge in [0.05, 0.1) is 5.69 Å². The Bertz CT molecular complexity index is 1530. The number of rotatable bonds is 12. The number of nitrogens with one attached hydrogen (secondary N) is 1. The summed E-state index contributed by atoms with van der Waals surface area (Å²) in [6, 6.07) is 22.5. The molecule has 0 radical (unpaired) electrons. The van der Waals surface area contributed by atoms with Crippen LogP contribution in [0.2, 0.25) is 0 Å². The van der Waals surface area contributed by atoms with Crippen LogP contribution in [0.4, 0.5) is 0 Å². The molecule has 2 aromatic carbocycles. The third-order valence-electron chi connectivity index (χ3n) is 9.16. The lowest BCUT2D eigenvalue weighted by Crippen LogP contribution is -2.28. The Balaban J connectivity index is 1.88. The number of unbranched alkanes of at least 4 members (excludes halogenated alkanes) is 2. The van der Waals surface area contributed by atoms with E-state index in [-0.39, 0.29) is 0 Å². The number of piperidine rings is 1. The number of hydrogen-bond donors (Lipinski definition) is 1. The highest BCUT2D eigenvalue weighted by molar-refractivity contribution is 5.94. The summed E-state index contributed by atoms with van der Waals surface area (Å²) in [7, 11) is 0. The molecule has 2 atom stereocenters. The van der Waals surface area contributed by atoms with E-state index in [4.69, 9.17) is 4.98 Å². The fourth-order valence-electron chi connectivity index (χ4n) is 6.10. The zero-order valence-corrected chi connectivity index (χ0v) is 27.3. The molecule has 1 aromatic heterocycles. The molecular weight excluding hydrogens is 520 g/mol. The minimum absolute atomic E-state index is 0.523. The Labute approximate surface area is 261 Å². The Morgan fingerprint density at radius 3 is 2.40 bits per heavy atom. The van der Waals surface area contributed by atoms with Crippen LogP contribution in [0.5, 0.6) is 0 Å². The van der Waals surface area contributed by atoms with E-state index in [1.165, 1.54) is 69.5 Å². The highest BCUT2D eigenvalue weighted by Gasteiger charge is 2.18. The molecule has 0 aliphatic carbocycles. The van der Waals surface area contributed by atoms with E-state index < -0.39 is 0 Å². The molecule has 2 heteroatoms. The van der Waals surface area contributed by atoms with Crippen LogP contribution in [0.15, 0.2) is 86.0 Å². The molecule has 226 valence electrons. The molecule has 4 rings (SSSR count). The van der Waals surface area contributed by atoms with Crippen LogP contribution in [0.1, 0.15) is 100 Å². The number of hydrogen-bond acceptors (Lipinski definition) is 2. The molecule has 2 nitrogen and oxygen atoms in total. The first-order valence-electron chi connectivity index (χ1n) is 16.4. The number of aryl methyl sites for hydroxylation is 1. The molecule has 0 bridgehead atoms. The molecule has 2 heterocycles. The van der Waals surface area contributed by atoms with Gasteiger partial charge in [-0.1, -0.05) is 114 Å². The quantitative estimate of drug-likeness (QED) is 0.173. The average molecular weight is 573 g/mol. The number of aromatic nitrogens is 1. The van der Waals surface area contributed by atoms with Gasteiger partial charge in [-0.2, -0.15) is 0 Å². The van der Waals surface area contributed by atoms with Crippen molar-refractivity contribution in [3.8, 4) is 0 Å². The Morgan fingerprint density at radius 2 is 1.77 bits per heavy atom. The molecule has 0 amide bonds. The summed E-state index contributed by atoms with van der Waals surface area (Å²) in [5, 5.41) is 6.05. The maximum atomic E-state index is 4.97. The van der Waals surface area contributed by atoms with Gasteiger partial charge >= 0.3 is 0 Å². The molecule has 0 spiro atoms. The van der Waals surface area contributed by atoms with E-state index in [9.17, 15) is 0 Å². The van der Waals surface area contributed by atoms with Gasteiger partial charge in [0, 0.05) is 12.2 Å². The van der Waals surface area contributed by atoms with Crippen molar-refractivity contribution in [1.29, 1.82) is 0 Å². The van der Waals surface area contributed by atoms with Crippen molar-refractivity contribution in [2.45, 2.75) is 79.1 Å². The second-order valence-electron chi connectivity index (χ2n) is 12.6. The number of nitrogens with zero attached hydrogens (tertiary/aromatic N) is 1. The van der Waals surface area contributed by atoms with E-state index in [2.05, 4.69) is 120 Å². The van der Waals surface area contributed by atoms with Gasteiger partial charge in [0.2, 0.25) is 0 Å². The van der Waals surface area contributed by atoms with Crippen LogP contribution in [0, 0.1) is 18.8 Å². The maximum absolute atomic E-state index is 4.97. The van der Waals surface area contributed by atoms with Crippen LogP contribution in [-0.4, -0.2) is 18.1 Å². The first-order valence-corrected chi connectivity index (χ1v) is 16.4. The Morgan fingerprint density at radius 1 is 1.00 bits per heavy atom. The maximum Gasteiger partial charge on any atom is 0.0671 e. The zero-order chi connectivity index (χ0) is 30.8. The van der Waals surface area contributed by atoms with Crippen molar-refractivity contribution in [2.24, 2.45) is 11.8 Å². The predicted octanol–water partition coefficient (Wildman–Crippen LogP) is 8.99. The molecule has 0 saturated carbocycles. The molecule has 1 saturated heterocycles. The molecular formula is C41H52N2. The summed E-state index contributed by atoms with van der Waals surface area (Å²) < 4.78 is 0. The van der Waals surface area contributed by atoms with Gasteiger partial charge in [-0.15, -0.1) is 0 Å².